The summed E-state index contributed by atoms with van der Waals surface area (Å²) in [6, 6.07) is 0. The van der Waals surface area contributed by atoms with Crippen molar-refractivity contribution in [1.82, 2.24) is 0 Å². The van der Waals surface area contributed by atoms with E-state index in [9.17, 15) is 0 Å². The minimum absolute atomic E-state index is 0.365. The summed E-state index contributed by atoms with van der Waals surface area (Å²) in [7, 11) is 0. The highest BCUT2D eigenvalue weighted by Gasteiger charge is 2.46. The Balaban J connectivity index is 2.24. The van der Waals surface area contributed by atoms with E-state index in [1.165, 1.54) is 12.8 Å². The molecule has 1 atom stereocenters. The Morgan fingerprint density at radius 1 is 1.36 bits per heavy atom. The Hall–Kier alpha value is 0.0600. The van der Waals surface area contributed by atoms with E-state index in [0.717, 1.165) is 5.03 Å². The monoisotopic (exact) mass is 187 g/mol. The van der Waals surface area contributed by atoms with Gasteiger partial charge in [-0.05, 0) is 24.8 Å². The zero-order chi connectivity index (χ0) is 7.90. The first kappa shape index (κ1) is 7.70. The van der Waals surface area contributed by atoms with E-state index in [1.54, 1.807) is 0 Å². The number of allylic oxidation sites excluding steroid dienone is 4. The van der Waals surface area contributed by atoms with Gasteiger partial charge in [-0.2, -0.15) is 0 Å². The molecule has 0 spiro atoms. The molecule has 11 heavy (non-hydrogen) atoms. The number of alkyl halides is 1. The highest BCUT2D eigenvalue weighted by atomic mass is 35.5. The summed E-state index contributed by atoms with van der Waals surface area (Å²) in [5.41, 5.74) is 0. The van der Waals surface area contributed by atoms with E-state index in [2.05, 4.69) is 0 Å². The Labute approximate surface area is 76.9 Å². The van der Waals surface area contributed by atoms with Crippen LogP contribution >= 0.6 is 23.2 Å². The third-order valence-electron chi connectivity index (χ3n) is 2.23. The van der Waals surface area contributed by atoms with Gasteiger partial charge in [-0.15, -0.1) is 11.6 Å². The molecule has 0 heterocycles. The van der Waals surface area contributed by atoms with E-state index in [1.807, 2.05) is 24.6 Å². The van der Waals surface area contributed by atoms with Crippen LogP contribution in [0, 0.1) is 12.3 Å². The maximum atomic E-state index is 6.32. The van der Waals surface area contributed by atoms with Crippen molar-refractivity contribution in [1.29, 1.82) is 0 Å². The van der Waals surface area contributed by atoms with Gasteiger partial charge >= 0.3 is 0 Å². The van der Waals surface area contributed by atoms with Gasteiger partial charge in [-0.25, -0.2) is 0 Å². The zero-order valence-electron chi connectivity index (χ0n) is 6.06. The molecule has 0 nitrogen and oxygen atoms in total. The van der Waals surface area contributed by atoms with Crippen molar-refractivity contribution >= 4 is 23.2 Å². The highest BCUT2D eigenvalue weighted by molar-refractivity contribution is 6.40. The molecule has 0 aromatic carbocycles. The maximum Gasteiger partial charge on any atom is 0.0897 e. The minimum Gasteiger partial charge on any atom is -0.112 e. The van der Waals surface area contributed by atoms with Crippen LogP contribution in [0.15, 0.2) is 23.3 Å². The summed E-state index contributed by atoms with van der Waals surface area (Å²) in [6.45, 7) is 0. The maximum absolute atomic E-state index is 6.32. The molecule has 2 rings (SSSR count). The average molecular weight is 188 g/mol. The van der Waals surface area contributed by atoms with Gasteiger partial charge in [0.15, 0.2) is 0 Å². The molecular formula is C9H9Cl2. The smallest absolute Gasteiger partial charge is 0.0897 e. The molecule has 1 unspecified atom stereocenters. The molecule has 1 radical (unpaired) electrons. The minimum atomic E-state index is -0.365. The van der Waals surface area contributed by atoms with Crippen molar-refractivity contribution in [3.8, 4) is 0 Å². The third-order valence-corrected chi connectivity index (χ3v) is 3.40. The fourth-order valence-corrected chi connectivity index (χ4v) is 2.02. The Kier molecular flexibility index (Phi) is 1.77. The van der Waals surface area contributed by atoms with E-state index in [0.29, 0.717) is 5.92 Å². The SMILES string of the molecule is ClC1=CC=C[CH]C1(Cl)C1CC1. The van der Waals surface area contributed by atoms with Crippen LogP contribution < -0.4 is 0 Å². The largest absolute Gasteiger partial charge is 0.112 e. The molecular weight excluding hydrogens is 179 g/mol. The number of hydrogen-bond donors (Lipinski definition) is 0. The van der Waals surface area contributed by atoms with Gasteiger partial charge < -0.3 is 0 Å². The van der Waals surface area contributed by atoms with Gasteiger partial charge in [0.05, 0.1) is 4.87 Å². The first-order chi connectivity index (χ1) is 5.23. The highest BCUT2D eigenvalue weighted by Crippen LogP contribution is 2.51. The lowest BCUT2D eigenvalue weighted by Gasteiger charge is -2.26. The van der Waals surface area contributed by atoms with Crippen LogP contribution in [0.25, 0.3) is 0 Å². The Bertz CT molecular complexity index is 226. The van der Waals surface area contributed by atoms with Crippen LogP contribution in [0.1, 0.15) is 12.8 Å². The standard InChI is InChI=1S/C9H9Cl2/c10-8-3-1-2-6-9(8,11)7-4-5-7/h1-3,6-7H,4-5H2. The average Bonchev–Trinajstić information content (AvgIpc) is 2.77. The quantitative estimate of drug-likeness (QED) is 0.554. The summed E-state index contributed by atoms with van der Waals surface area (Å²) < 4.78 is 0. The van der Waals surface area contributed by atoms with Crippen LogP contribution in [0.5, 0.6) is 0 Å². The molecule has 0 amide bonds. The van der Waals surface area contributed by atoms with Crippen LogP contribution in [-0.4, -0.2) is 4.87 Å². The Morgan fingerprint density at radius 2 is 2.09 bits per heavy atom. The van der Waals surface area contributed by atoms with E-state index in [-0.39, 0.29) is 4.87 Å². The lowest BCUT2D eigenvalue weighted by Crippen LogP contribution is -2.26. The van der Waals surface area contributed by atoms with Crippen LogP contribution in [0.3, 0.4) is 0 Å². The summed E-state index contributed by atoms with van der Waals surface area (Å²) in [5, 5.41) is 0.768. The van der Waals surface area contributed by atoms with Gasteiger partial charge in [-0.3, -0.25) is 0 Å². The topological polar surface area (TPSA) is 0 Å². The van der Waals surface area contributed by atoms with E-state index < -0.39 is 0 Å². The van der Waals surface area contributed by atoms with Crippen molar-refractivity contribution in [2.24, 2.45) is 5.92 Å². The van der Waals surface area contributed by atoms with Crippen molar-refractivity contribution in [2.75, 3.05) is 0 Å². The van der Waals surface area contributed by atoms with Crippen molar-refractivity contribution < 1.29 is 0 Å². The molecule has 2 heteroatoms. The fraction of sp³-hybridized carbons (Fsp3) is 0.444. The number of rotatable bonds is 1. The van der Waals surface area contributed by atoms with E-state index in [4.69, 9.17) is 23.2 Å². The second kappa shape index (κ2) is 2.53. The number of hydrogen-bond acceptors (Lipinski definition) is 0. The second-order valence-electron chi connectivity index (χ2n) is 3.11. The molecule has 59 valence electrons. The van der Waals surface area contributed by atoms with Crippen LogP contribution in [-0.2, 0) is 0 Å². The molecule has 0 saturated heterocycles. The predicted octanol–water partition coefficient (Wildman–Crippen LogP) is 3.27. The third kappa shape index (κ3) is 1.23. The van der Waals surface area contributed by atoms with Gasteiger partial charge in [-0.1, -0.05) is 23.8 Å². The molecule has 0 aromatic rings. The zero-order valence-corrected chi connectivity index (χ0v) is 7.57. The molecule has 1 fully saturated rings. The summed E-state index contributed by atoms with van der Waals surface area (Å²) >= 11 is 12.3. The first-order valence-corrected chi connectivity index (χ1v) is 4.57. The molecule has 0 N–H and O–H groups in total. The summed E-state index contributed by atoms with van der Waals surface area (Å²) in [6.07, 6.45) is 10.2. The van der Waals surface area contributed by atoms with Gasteiger partial charge in [0, 0.05) is 11.5 Å². The molecule has 0 aliphatic heterocycles. The fourth-order valence-electron chi connectivity index (χ4n) is 1.38. The lowest BCUT2D eigenvalue weighted by atomic mass is 9.94. The molecule has 0 aromatic heterocycles. The van der Waals surface area contributed by atoms with E-state index >= 15 is 0 Å². The number of halogens is 2. The van der Waals surface area contributed by atoms with Gasteiger partial charge in [0.25, 0.3) is 0 Å². The first-order valence-electron chi connectivity index (χ1n) is 3.81. The summed E-state index contributed by atoms with van der Waals surface area (Å²) in [5.74, 6) is 0.567. The van der Waals surface area contributed by atoms with Crippen molar-refractivity contribution in [3.05, 3.63) is 29.7 Å². The van der Waals surface area contributed by atoms with Crippen LogP contribution in [0.2, 0.25) is 0 Å². The molecule has 2 aliphatic rings. The van der Waals surface area contributed by atoms with Crippen LogP contribution in [0.4, 0.5) is 0 Å². The molecule has 0 bridgehead atoms. The lowest BCUT2D eigenvalue weighted by molar-refractivity contribution is 0.689. The second-order valence-corrected chi connectivity index (χ2v) is 4.14. The molecule has 2 aliphatic carbocycles. The van der Waals surface area contributed by atoms with Gasteiger partial charge in [0.2, 0.25) is 0 Å². The normalized spacial score (nSPS) is 37.1. The Morgan fingerprint density at radius 3 is 2.64 bits per heavy atom. The van der Waals surface area contributed by atoms with Crippen molar-refractivity contribution in [2.45, 2.75) is 17.7 Å². The summed E-state index contributed by atoms with van der Waals surface area (Å²) in [4.78, 5) is -0.365. The molecule has 1 saturated carbocycles. The van der Waals surface area contributed by atoms with Crippen molar-refractivity contribution in [3.63, 3.8) is 0 Å². The van der Waals surface area contributed by atoms with Gasteiger partial charge in [0.1, 0.15) is 0 Å². The predicted molar refractivity (Wildman–Crippen MR) is 48.7 cm³/mol.